The van der Waals surface area contributed by atoms with Crippen molar-refractivity contribution < 1.29 is 9.13 Å². The number of hydrogen-bond acceptors (Lipinski definition) is 4. The van der Waals surface area contributed by atoms with E-state index in [-0.39, 0.29) is 11.6 Å². The summed E-state index contributed by atoms with van der Waals surface area (Å²) in [6.45, 7) is 0. The minimum absolute atomic E-state index is 0.0962. The number of fused-ring (bicyclic) bond motifs is 1. The summed E-state index contributed by atoms with van der Waals surface area (Å²) in [5.41, 5.74) is 0.520. The Morgan fingerprint density at radius 2 is 2.25 bits per heavy atom. The zero-order chi connectivity index (χ0) is 14.1. The number of aromatic nitrogens is 3. The average Bonchev–Trinajstić information content (AvgIpc) is 2.90. The van der Waals surface area contributed by atoms with Crippen LogP contribution in [0.2, 0.25) is 0 Å². The van der Waals surface area contributed by atoms with Gasteiger partial charge in [-0.05, 0) is 18.2 Å². The van der Waals surface area contributed by atoms with E-state index in [2.05, 4.69) is 31.2 Å². The van der Waals surface area contributed by atoms with Gasteiger partial charge in [0.1, 0.15) is 5.82 Å². The van der Waals surface area contributed by atoms with Crippen molar-refractivity contribution in [2.24, 2.45) is 0 Å². The maximum atomic E-state index is 13.8. The first-order chi connectivity index (χ1) is 9.67. The van der Waals surface area contributed by atoms with Crippen LogP contribution in [0.15, 0.2) is 41.3 Å². The molecule has 0 fully saturated rings. The molecule has 1 N–H and O–H groups in total. The van der Waals surface area contributed by atoms with Gasteiger partial charge in [-0.1, -0.05) is 15.9 Å². The minimum Gasteiger partial charge on any atom is -0.433 e. The predicted molar refractivity (Wildman–Crippen MR) is 76.7 cm³/mol. The second kappa shape index (κ2) is 5.09. The number of rotatable bonds is 3. The summed E-state index contributed by atoms with van der Waals surface area (Å²) in [7, 11) is 1.75. The summed E-state index contributed by atoms with van der Waals surface area (Å²) in [6.07, 6.45) is 5.16. The molecular weight excluding hydrogens is 327 g/mol. The fourth-order valence-corrected chi connectivity index (χ4v) is 2.09. The summed E-state index contributed by atoms with van der Waals surface area (Å²) in [5.74, 6) is 0.464. The van der Waals surface area contributed by atoms with Crippen molar-refractivity contribution in [3.05, 3.63) is 47.1 Å². The number of benzene rings is 1. The van der Waals surface area contributed by atoms with Crippen molar-refractivity contribution in [3.8, 4) is 11.6 Å². The van der Waals surface area contributed by atoms with Gasteiger partial charge >= 0.3 is 0 Å². The number of anilines is 1. The van der Waals surface area contributed by atoms with Gasteiger partial charge in [0.25, 0.3) is 5.88 Å². The van der Waals surface area contributed by atoms with Gasteiger partial charge < -0.3 is 10.1 Å². The predicted octanol–water partition coefficient (Wildman–Crippen LogP) is 3.46. The number of ether oxygens (including phenoxy) is 1. The fourth-order valence-electron chi connectivity index (χ4n) is 1.75. The third-order valence-corrected chi connectivity index (χ3v) is 3.19. The summed E-state index contributed by atoms with van der Waals surface area (Å²) < 4.78 is 21.8. The zero-order valence-electron chi connectivity index (χ0n) is 10.5. The van der Waals surface area contributed by atoms with Crippen molar-refractivity contribution in [1.82, 2.24) is 14.4 Å². The third-order valence-electron chi connectivity index (χ3n) is 2.70. The summed E-state index contributed by atoms with van der Waals surface area (Å²) in [6, 6.07) is 4.57. The number of imidazole rings is 1. The van der Waals surface area contributed by atoms with Crippen LogP contribution in [0.4, 0.5) is 10.2 Å². The summed E-state index contributed by atoms with van der Waals surface area (Å²) in [5, 5.41) is 2.92. The molecule has 0 radical (unpaired) electrons. The van der Waals surface area contributed by atoms with Crippen molar-refractivity contribution in [3.63, 3.8) is 0 Å². The molecule has 0 unspecified atom stereocenters. The molecule has 0 aliphatic rings. The van der Waals surface area contributed by atoms with Gasteiger partial charge in [0.15, 0.2) is 11.6 Å². The molecule has 0 spiro atoms. The Morgan fingerprint density at radius 3 is 3.00 bits per heavy atom. The highest BCUT2D eigenvalue weighted by atomic mass is 79.9. The van der Waals surface area contributed by atoms with Crippen LogP contribution in [0.25, 0.3) is 5.65 Å². The molecule has 0 aliphatic carbocycles. The normalized spacial score (nSPS) is 10.8. The molecule has 1 aromatic carbocycles. The smallest absolute Gasteiger partial charge is 0.265 e. The van der Waals surface area contributed by atoms with Gasteiger partial charge in [-0.3, -0.25) is 4.40 Å². The first-order valence-corrected chi connectivity index (χ1v) is 6.61. The summed E-state index contributed by atoms with van der Waals surface area (Å²) >= 11 is 3.20. The highest BCUT2D eigenvalue weighted by Crippen LogP contribution is 2.28. The van der Waals surface area contributed by atoms with Crippen molar-refractivity contribution in [1.29, 1.82) is 0 Å². The fraction of sp³-hybridized carbons (Fsp3) is 0.0769. The molecule has 2 aromatic heterocycles. The van der Waals surface area contributed by atoms with Crippen LogP contribution in [0.1, 0.15) is 0 Å². The molecule has 3 rings (SSSR count). The lowest BCUT2D eigenvalue weighted by Gasteiger charge is -2.09. The quantitative estimate of drug-likeness (QED) is 0.795. The summed E-state index contributed by atoms with van der Waals surface area (Å²) in [4.78, 5) is 8.41. The molecular formula is C13H10BrFN4O. The Morgan fingerprint density at radius 1 is 1.40 bits per heavy atom. The number of halogens is 2. The average molecular weight is 337 g/mol. The van der Waals surface area contributed by atoms with Crippen LogP contribution in [0, 0.1) is 5.82 Å². The van der Waals surface area contributed by atoms with Gasteiger partial charge in [0.05, 0.1) is 6.20 Å². The number of hydrogen-bond donors (Lipinski definition) is 1. The monoisotopic (exact) mass is 336 g/mol. The number of nitrogens with zero attached hydrogens (tertiary/aromatic N) is 3. The molecule has 0 aliphatic heterocycles. The molecule has 5 nitrogen and oxygen atoms in total. The van der Waals surface area contributed by atoms with Crippen molar-refractivity contribution in [2.45, 2.75) is 0 Å². The van der Waals surface area contributed by atoms with E-state index in [1.54, 1.807) is 36.1 Å². The molecule has 0 bridgehead atoms. The first-order valence-electron chi connectivity index (χ1n) is 5.82. The van der Waals surface area contributed by atoms with E-state index in [4.69, 9.17) is 4.74 Å². The Bertz CT molecular complexity index is 774. The standard InChI is InChI=1S/C13H10BrFN4O/c1-16-11-7-19-5-4-17-12(19)13(18-11)20-10-3-2-8(14)6-9(10)15/h2-7,16H,1H3. The second-order valence-electron chi connectivity index (χ2n) is 4.02. The lowest BCUT2D eigenvalue weighted by Crippen LogP contribution is -2.00. The molecule has 0 saturated carbocycles. The highest BCUT2D eigenvalue weighted by Gasteiger charge is 2.12. The van der Waals surface area contributed by atoms with Crippen molar-refractivity contribution >= 4 is 27.4 Å². The van der Waals surface area contributed by atoms with Gasteiger partial charge in [-0.25, -0.2) is 9.37 Å². The third kappa shape index (κ3) is 2.32. The molecule has 3 aromatic rings. The van der Waals surface area contributed by atoms with E-state index >= 15 is 0 Å². The lowest BCUT2D eigenvalue weighted by atomic mass is 10.3. The van der Waals surface area contributed by atoms with E-state index in [0.29, 0.717) is 15.9 Å². The maximum Gasteiger partial charge on any atom is 0.265 e. The second-order valence-corrected chi connectivity index (χ2v) is 4.93. The van der Waals surface area contributed by atoms with E-state index in [9.17, 15) is 4.39 Å². The lowest BCUT2D eigenvalue weighted by molar-refractivity contribution is 0.429. The van der Waals surface area contributed by atoms with Crippen molar-refractivity contribution in [2.75, 3.05) is 12.4 Å². The van der Waals surface area contributed by atoms with Gasteiger partial charge in [0.2, 0.25) is 5.65 Å². The first kappa shape index (κ1) is 12.9. The van der Waals surface area contributed by atoms with E-state index in [0.717, 1.165) is 0 Å². The topological polar surface area (TPSA) is 51.5 Å². The molecule has 0 saturated heterocycles. The van der Waals surface area contributed by atoms with Gasteiger partial charge in [0, 0.05) is 23.9 Å². The van der Waals surface area contributed by atoms with Crippen LogP contribution in [0.3, 0.4) is 0 Å². The van der Waals surface area contributed by atoms with Gasteiger partial charge in [-0.2, -0.15) is 4.98 Å². The van der Waals surface area contributed by atoms with Crippen LogP contribution in [-0.4, -0.2) is 21.4 Å². The molecule has 102 valence electrons. The Kier molecular flexibility index (Phi) is 3.27. The minimum atomic E-state index is -0.472. The largest absolute Gasteiger partial charge is 0.433 e. The molecule has 0 atom stereocenters. The van der Waals surface area contributed by atoms with Crippen LogP contribution < -0.4 is 10.1 Å². The van der Waals surface area contributed by atoms with E-state index in [1.165, 1.54) is 12.1 Å². The molecule has 20 heavy (non-hydrogen) atoms. The van der Waals surface area contributed by atoms with Gasteiger partial charge in [-0.15, -0.1) is 0 Å². The maximum absolute atomic E-state index is 13.8. The van der Waals surface area contributed by atoms with Crippen LogP contribution in [-0.2, 0) is 0 Å². The van der Waals surface area contributed by atoms with E-state index < -0.39 is 5.82 Å². The Hall–Kier alpha value is -2.15. The molecule has 2 heterocycles. The number of nitrogens with one attached hydrogen (secondary N) is 1. The zero-order valence-corrected chi connectivity index (χ0v) is 12.1. The molecule has 7 heteroatoms. The molecule has 0 amide bonds. The van der Waals surface area contributed by atoms with Crippen LogP contribution >= 0.6 is 15.9 Å². The SMILES string of the molecule is CNc1cn2ccnc2c(Oc2ccc(Br)cc2F)n1. The Balaban J connectivity index is 2.07. The Labute approximate surface area is 122 Å². The van der Waals surface area contributed by atoms with Crippen LogP contribution in [0.5, 0.6) is 11.6 Å². The highest BCUT2D eigenvalue weighted by molar-refractivity contribution is 9.10. The van der Waals surface area contributed by atoms with E-state index in [1.807, 2.05) is 0 Å².